The highest BCUT2D eigenvalue weighted by atomic mass is 31.1. The molecule has 58 heavy (non-hydrogen) atoms. The van der Waals surface area contributed by atoms with E-state index in [1.54, 1.807) is 27.2 Å². The Balaban J connectivity index is 1.55. The van der Waals surface area contributed by atoms with Gasteiger partial charge in [-0.25, -0.2) is 4.39 Å². The van der Waals surface area contributed by atoms with Gasteiger partial charge in [0.15, 0.2) is 0 Å². The molecule has 0 bridgehead atoms. The largest absolute Gasteiger partial charge is 0.496 e. The summed E-state index contributed by atoms with van der Waals surface area (Å²) in [6, 6.07) is 24.2. The zero-order chi connectivity index (χ0) is 42.3. The predicted molar refractivity (Wildman–Crippen MR) is 225 cm³/mol. The van der Waals surface area contributed by atoms with Crippen molar-refractivity contribution in [3.8, 4) is 11.5 Å². The smallest absolute Gasteiger partial charge is 0.416 e. The Morgan fingerprint density at radius 1 is 0.638 bits per heavy atom. The highest BCUT2D eigenvalue weighted by Gasteiger charge is 2.41. The van der Waals surface area contributed by atoms with Gasteiger partial charge in [-0.3, -0.25) is 0 Å². The van der Waals surface area contributed by atoms with Crippen LogP contribution in [0.1, 0.15) is 82.2 Å². The Morgan fingerprint density at radius 2 is 1.14 bits per heavy atom. The molecule has 5 aromatic carbocycles. The lowest BCUT2D eigenvalue weighted by atomic mass is 9.87. The van der Waals surface area contributed by atoms with E-state index in [1.807, 2.05) is 46.8 Å². The molecule has 0 heterocycles. The molecular formula is C47H49F7O2P2. The van der Waals surface area contributed by atoms with Crippen molar-refractivity contribution in [1.82, 2.24) is 0 Å². The summed E-state index contributed by atoms with van der Waals surface area (Å²) in [4.78, 5) is 0. The second-order valence-corrected chi connectivity index (χ2v) is 20.3. The van der Waals surface area contributed by atoms with E-state index in [2.05, 4.69) is 36.4 Å². The molecule has 1 fully saturated rings. The van der Waals surface area contributed by atoms with Crippen LogP contribution in [0.25, 0.3) is 0 Å². The molecule has 0 N–H and O–H groups in total. The third kappa shape index (κ3) is 8.97. The van der Waals surface area contributed by atoms with Gasteiger partial charge in [0.25, 0.3) is 0 Å². The van der Waals surface area contributed by atoms with E-state index in [1.165, 1.54) is 6.07 Å². The van der Waals surface area contributed by atoms with E-state index >= 15 is 0 Å². The predicted octanol–water partition coefficient (Wildman–Crippen LogP) is 11.9. The van der Waals surface area contributed by atoms with Crippen LogP contribution in [-0.4, -0.2) is 19.9 Å². The molecule has 0 spiro atoms. The fourth-order valence-electron chi connectivity index (χ4n) is 9.07. The van der Waals surface area contributed by atoms with Crippen molar-refractivity contribution in [2.75, 3.05) is 14.2 Å². The van der Waals surface area contributed by atoms with E-state index in [0.29, 0.717) is 10.9 Å². The van der Waals surface area contributed by atoms with E-state index in [9.17, 15) is 30.7 Å². The van der Waals surface area contributed by atoms with Crippen molar-refractivity contribution in [3.63, 3.8) is 0 Å². The highest BCUT2D eigenvalue weighted by Crippen LogP contribution is 2.54. The van der Waals surface area contributed by atoms with Crippen LogP contribution < -0.4 is 36.0 Å². The van der Waals surface area contributed by atoms with Crippen LogP contribution in [0, 0.1) is 40.5 Å². The molecule has 1 aliphatic carbocycles. The van der Waals surface area contributed by atoms with E-state index < -0.39 is 46.0 Å². The summed E-state index contributed by atoms with van der Waals surface area (Å²) < 4.78 is 112. The van der Waals surface area contributed by atoms with Gasteiger partial charge in [0.05, 0.1) is 25.3 Å². The summed E-state index contributed by atoms with van der Waals surface area (Å²) in [6.45, 7) is 10.5. The van der Waals surface area contributed by atoms with Gasteiger partial charge in [0, 0.05) is 0 Å². The van der Waals surface area contributed by atoms with Crippen LogP contribution >= 0.6 is 15.8 Å². The number of hydrogen-bond donors (Lipinski definition) is 0. The topological polar surface area (TPSA) is 18.5 Å². The molecule has 1 saturated carbocycles. The van der Waals surface area contributed by atoms with Crippen molar-refractivity contribution in [3.05, 3.63) is 135 Å². The number of ether oxygens (including phenoxy) is 2. The van der Waals surface area contributed by atoms with Crippen LogP contribution in [-0.2, 0) is 19.0 Å². The number of benzene rings is 5. The average molecular weight is 841 g/mol. The maximum absolute atomic E-state index is 14.3. The Kier molecular flexibility index (Phi) is 13.1. The molecule has 0 saturated heterocycles. The normalized spacial score (nSPS) is 17.1. The first-order chi connectivity index (χ1) is 27.4. The SMILES string of the molecule is COc1c(C)cc(P(c2cc(C)c(OC)c(C)c2)c2ccccc2C2CCC[C@H]2[C@@H](C)P(c2cc(C)cc(C(F)(F)F)c2)c2cc(CF)cc(C(F)(F)F)c2)cc1C. The molecule has 4 atom stereocenters. The summed E-state index contributed by atoms with van der Waals surface area (Å²) >= 11 is 0. The second kappa shape index (κ2) is 17.3. The molecular weight excluding hydrogens is 791 g/mol. The first-order valence-corrected chi connectivity index (χ1v) is 22.1. The molecule has 0 amide bonds. The van der Waals surface area contributed by atoms with Gasteiger partial charge in [-0.05, 0) is 201 Å². The molecule has 308 valence electrons. The Morgan fingerprint density at radius 3 is 1.64 bits per heavy atom. The molecule has 5 aromatic rings. The van der Waals surface area contributed by atoms with Gasteiger partial charge in [0.2, 0.25) is 0 Å². The van der Waals surface area contributed by atoms with Crippen molar-refractivity contribution >= 4 is 42.4 Å². The van der Waals surface area contributed by atoms with Crippen molar-refractivity contribution in [1.29, 1.82) is 0 Å². The first-order valence-electron chi connectivity index (χ1n) is 19.3. The van der Waals surface area contributed by atoms with E-state index in [0.717, 1.165) is 98.8 Å². The second-order valence-electron chi connectivity index (χ2n) is 15.5. The van der Waals surface area contributed by atoms with Gasteiger partial charge in [0.1, 0.15) is 18.2 Å². The number of hydrogen-bond acceptors (Lipinski definition) is 2. The van der Waals surface area contributed by atoms with Crippen molar-refractivity contribution < 1.29 is 40.2 Å². The van der Waals surface area contributed by atoms with E-state index in [-0.39, 0.29) is 28.4 Å². The zero-order valence-corrected chi connectivity index (χ0v) is 35.8. The standard InChI is InChI=1S/C47H49F7O2P2/c1-27-16-34(46(49,50)51)24-36(17-27)57(39-23-33(26-48)22-35(25-39)47(52,53)54)32(6)40-13-11-14-41(40)42-12-9-10-15-43(42)58(37-18-28(2)44(55-7)29(3)19-37)38-20-30(4)45(56-8)31(5)21-38/h9-10,12,15-25,32,40-41H,11,13-14,26H2,1-8H3/t32-,40+,41?,57?/m1/s1. The summed E-state index contributed by atoms with van der Waals surface area (Å²) in [7, 11) is 0.327. The summed E-state index contributed by atoms with van der Waals surface area (Å²) in [5.74, 6) is 1.51. The number of aryl methyl sites for hydroxylation is 5. The van der Waals surface area contributed by atoms with Crippen molar-refractivity contribution in [2.24, 2.45) is 5.92 Å². The fourth-order valence-corrected chi connectivity index (χ4v) is 15.1. The maximum Gasteiger partial charge on any atom is 0.416 e. The molecule has 2 nitrogen and oxygen atoms in total. The molecule has 0 aliphatic heterocycles. The number of methoxy groups -OCH3 is 2. The van der Waals surface area contributed by atoms with Crippen LogP contribution in [0.3, 0.4) is 0 Å². The van der Waals surface area contributed by atoms with Crippen LogP contribution in [0.4, 0.5) is 30.7 Å². The lowest BCUT2D eigenvalue weighted by Gasteiger charge is -2.36. The minimum absolute atomic E-state index is 0.0413. The Bertz CT molecular complexity index is 2180. The van der Waals surface area contributed by atoms with Crippen LogP contribution in [0.2, 0.25) is 0 Å². The lowest BCUT2D eigenvalue weighted by Crippen LogP contribution is -2.31. The highest BCUT2D eigenvalue weighted by molar-refractivity contribution is 7.80. The van der Waals surface area contributed by atoms with Gasteiger partial charge in [-0.1, -0.05) is 43.7 Å². The first kappa shape index (κ1) is 43.6. The monoisotopic (exact) mass is 840 g/mol. The number of halogens is 7. The summed E-state index contributed by atoms with van der Waals surface area (Å²) in [5, 5.41) is 3.96. The van der Waals surface area contributed by atoms with Gasteiger partial charge >= 0.3 is 12.4 Å². The third-order valence-corrected chi connectivity index (χ3v) is 16.7. The molecule has 6 rings (SSSR count). The molecule has 2 unspecified atom stereocenters. The van der Waals surface area contributed by atoms with Crippen molar-refractivity contribution in [2.45, 2.75) is 91.4 Å². The van der Waals surface area contributed by atoms with Crippen LogP contribution in [0.15, 0.2) is 84.9 Å². The lowest BCUT2D eigenvalue weighted by molar-refractivity contribution is -0.138. The molecule has 0 radical (unpaired) electrons. The zero-order valence-electron chi connectivity index (χ0n) is 34.0. The summed E-state index contributed by atoms with van der Waals surface area (Å²) in [6.07, 6.45) is -7.04. The summed E-state index contributed by atoms with van der Waals surface area (Å²) in [5.41, 5.74) is 3.14. The molecule has 1 aliphatic rings. The van der Waals surface area contributed by atoms with E-state index in [4.69, 9.17) is 9.47 Å². The molecule has 11 heteroatoms. The minimum atomic E-state index is -4.77. The Labute approximate surface area is 339 Å². The fraction of sp³-hybridized carbons (Fsp3) is 0.362. The van der Waals surface area contributed by atoms with Gasteiger partial charge < -0.3 is 9.47 Å². The quantitative estimate of drug-likeness (QED) is 0.0974. The maximum atomic E-state index is 14.3. The molecule has 0 aromatic heterocycles. The minimum Gasteiger partial charge on any atom is -0.496 e. The Hall–Kier alpha value is -3.93. The van der Waals surface area contributed by atoms with Gasteiger partial charge in [-0.15, -0.1) is 0 Å². The number of rotatable bonds is 11. The number of alkyl halides is 7. The third-order valence-electron chi connectivity index (χ3n) is 11.4. The van der Waals surface area contributed by atoms with Crippen LogP contribution in [0.5, 0.6) is 11.5 Å². The van der Waals surface area contributed by atoms with Gasteiger partial charge in [-0.2, -0.15) is 26.3 Å². The average Bonchev–Trinajstić information content (AvgIpc) is 3.64.